The normalized spacial score (nSPS) is 16.1. The Bertz CT molecular complexity index is 316. The van der Waals surface area contributed by atoms with E-state index in [-0.39, 0.29) is 12.7 Å². The summed E-state index contributed by atoms with van der Waals surface area (Å²) < 4.78 is 20.1. The van der Waals surface area contributed by atoms with Crippen LogP contribution in [0.5, 0.6) is 0 Å². The first kappa shape index (κ1) is 20.4. The largest absolute Gasteiger partial charge is 0.375 e. The average Bonchev–Trinajstić information content (AvgIpc) is 2.48. The van der Waals surface area contributed by atoms with Crippen LogP contribution >= 0.6 is 0 Å². The average molecular weight is 298 g/mol. The van der Waals surface area contributed by atoms with Gasteiger partial charge < -0.3 is 4.74 Å². The van der Waals surface area contributed by atoms with E-state index in [0.717, 1.165) is 12.8 Å². The molecule has 0 aromatic heterocycles. The summed E-state index contributed by atoms with van der Waals surface area (Å²) in [5, 5.41) is 0. The van der Waals surface area contributed by atoms with Crippen LogP contribution in [-0.2, 0) is 4.74 Å². The van der Waals surface area contributed by atoms with Crippen molar-refractivity contribution in [3.63, 3.8) is 0 Å². The van der Waals surface area contributed by atoms with Gasteiger partial charge in [0.25, 0.3) is 0 Å². The highest BCUT2D eigenvalue weighted by atomic mass is 19.1. The molecule has 0 saturated heterocycles. The molecule has 0 spiro atoms. The molecule has 2 atom stereocenters. The molecule has 0 radical (unpaired) electrons. The number of ether oxygens (including phenoxy) is 1. The number of allylic oxidation sites excluding steroid dienone is 3. The molecule has 0 fully saturated rings. The summed E-state index contributed by atoms with van der Waals surface area (Å²) in [5.74, 6) is 0.996. The molecule has 0 N–H and O–H groups in total. The van der Waals surface area contributed by atoms with Gasteiger partial charge in [0.15, 0.2) is 0 Å². The topological polar surface area (TPSA) is 9.23 Å². The maximum absolute atomic E-state index is 14.3. The van der Waals surface area contributed by atoms with Gasteiger partial charge in [0.2, 0.25) is 0 Å². The Morgan fingerprint density at radius 1 is 1.19 bits per heavy atom. The Labute approximate surface area is 131 Å². The quantitative estimate of drug-likeness (QED) is 0.418. The second-order valence-corrected chi connectivity index (χ2v) is 6.42. The molecule has 124 valence electrons. The summed E-state index contributed by atoms with van der Waals surface area (Å²) in [7, 11) is 0. The lowest BCUT2D eigenvalue weighted by molar-refractivity contribution is -0.0321. The third kappa shape index (κ3) is 7.80. The van der Waals surface area contributed by atoms with Crippen LogP contribution in [0.3, 0.4) is 0 Å². The fraction of sp³-hybridized carbons (Fsp3) is 0.789. The van der Waals surface area contributed by atoms with Crippen molar-refractivity contribution in [2.45, 2.75) is 79.0 Å². The summed E-state index contributed by atoms with van der Waals surface area (Å²) >= 11 is 0. The highest BCUT2D eigenvalue weighted by molar-refractivity contribution is 5.17. The van der Waals surface area contributed by atoms with Gasteiger partial charge in [0.05, 0.1) is 12.7 Å². The lowest BCUT2D eigenvalue weighted by Gasteiger charge is -2.27. The molecule has 0 aromatic rings. The first-order chi connectivity index (χ1) is 9.81. The van der Waals surface area contributed by atoms with E-state index in [0.29, 0.717) is 24.7 Å². The van der Waals surface area contributed by atoms with Gasteiger partial charge in [-0.2, -0.15) is 0 Å². The van der Waals surface area contributed by atoms with Crippen molar-refractivity contribution >= 4 is 0 Å². The minimum atomic E-state index is -1.17. The lowest BCUT2D eigenvalue weighted by Crippen LogP contribution is -2.30. The Morgan fingerprint density at radius 2 is 1.76 bits per heavy atom. The monoisotopic (exact) mass is 298 g/mol. The van der Waals surface area contributed by atoms with Crippen molar-refractivity contribution in [3.8, 4) is 0 Å². The van der Waals surface area contributed by atoms with Crippen molar-refractivity contribution in [2.24, 2.45) is 11.8 Å². The predicted molar refractivity (Wildman–Crippen MR) is 91.4 cm³/mol. The number of hydrogen-bond acceptors (Lipinski definition) is 1. The van der Waals surface area contributed by atoms with E-state index in [1.54, 1.807) is 0 Å². The Morgan fingerprint density at radius 3 is 2.14 bits per heavy atom. The molecule has 0 aliphatic rings. The van der Waals surface area contributed by atoms with Crippen LogP contribution in [0.2, 0.25) is 0 Å². The molecular formula is C19H35FO. The van der Waals surface area contributed by atoms with E-state index in [4.69, 9.17) is 4.74 Å². The lowest BCUT2D eigenvalue weighted by atomic mass is 9.88. The minimum absolute atomic E-state index is 0.0739. The van der Waals surface area contributed by atoms with Crippen LogP contribution in [0, 0.1) is 11.8 Å². The third-order valence-corrected chi connectivity index (χ3v) is 4.45. The van der Waals surface area contributed by atoms with E-state index in [1.807, 2.05) is 19.9 Å². The van der Waals surface area contributed by atoms with Gasteiger partial charge in [-0.1, -0.05) is 58.9 Å². The maximum Gasteiger partial charge on any atom is 0.133 e. The number of hydrogen-bond donors (Lipinski definition) is 0. The van der Waals surface area contributed by atoms with Crippen LogP contribution in [0.15, 0.2) is 24.3 Å². The summed E-state index contributed by atoms with van der Waals surface area (Å²) in [6.45, 7) is 16.5. The van der Waals surface area contributed by atoms with Crippen LogP contribution < -0.4 is 0 Å². The highest BCUT2D eigenvalue weighted by Gasteiger charge is 2.26. The van der Waals surface area contributed by atoms with Gasteiger partial charge in [-0.25, -0.2) is 4.39 Å². The Hall–Kier alpha value is -0.630. The van der Waals surface area contributed by atoms with E-state index in [9.17, 15) is 4.39 Å². The molecule has 0 saturated carbocycles. The van der Waals surface area contributed by atoms with Gasteiger partial charge in [0.1, 0.15) is 5.67 Å². The van der Waals surface area contributed by atoms with Crippen LogP contribution in [0.4, 0.5) is 4.39 Å². The van der Waals surface area contributed by atoms with Crippen LogP contribution in [0.1, 0.15) is 67.2 Å². The van der Waals surface area contributed by atoms with Crippen molar-refractivity contribution in [1.82, 2.24) is 0 Å². The standard InChI is InChI=1S/C19H35FO/c1-8-17(9-2)13-18(15(5)6)12-16(7)21-14-19(20,10-3)11-4/h8,13,15-16,18H,1,9-12,14H2,2-7H3/b17-13-. The molecule has 2 unspecified atom stereocenters. The maximum atomic E-state index is 14.3. The first-order valence-electron chi connectivity index (χ1n) is 8.45. The smallest absolute Gasteiger partial charge is 0.133 e. The van der Waals surface area contributed by atoms with E-state index in [2.05, 4.69) is 40.3 Å². The second kappa shape index (κ2) is 10.2. The highest BCUT2D eigenvalue weighted by Crippen LogP contribution is 2.25. The fourth-order valence-corrected chi connectivity index (χ4v) is 2.33. The zero-order valence-electron chi connectivity index (χ0n) is 14.9. The predicted octanol–water partition coefficient (Wildman–Crippen LogP) is 6.10. The molecule has 0 aliphatic carbocycles. The molecule has 0 bridgehead atoms. The molecule has 0 heterocycles. The molecular weight excluding hydrogens is 263 g/mol. The number of rotatable bonds is 11. The second-order valence-electron chi connectivity index (χ2n) is 6.42. The zero-order valence-corrected chi connectivity index (χ0v) is 14.9. The minimum Gasteiger partial charge on any atom is -0.375 e. The summed E-state index contributed by atoms with van der Waals surface area (Å²) in [6.07, 6.45) is 7.27. The van der Waals surface area contributed by atoms with E-state index >= 15 is 0 Å². The summed E-state index contributed by atoms with van der Waals surface area (Å²) in [5.41, 5.74) is 0.107. The van der Waals surface area contributed by atoms with Crippen molar-refractivity contribution in [2.75, 3.05) is 6.61 Å². The molecule has 0 aromatic carbocycles. The summed E-state index contributed by atoms with van der Waals surface area (Å²) in [6, 6.07) is 0. The van der Waals surface area contributed by atoms with Crippen molar-refractivity contribution in [3.05, 3.63) is 24.3 Å². The molecule has 0 rings (SSSR count). The van der Waals surface area contributed by atoms with Gasteiger partial charge in [-0.15, -0.1) is 0 Å². The van der Waals surface area contributed by atoms with Gasteiger partial charge in [-0.3, -0.25) is 0 Å². The Kier molecular flexibility index (Phi) is 9.85. The van der Waals surface area contributed by atoms with Gasteiger partial charge in [0, 0.05) is 0 Å². The number of alkyl halides is 1. The molecule has 0 aliphatic heterocycles. The molecule has 0 amide bonds. The van der Waals surface area contributed by atoms with Gasteiger partial charge in [-0.05, 0) is 44.4 Å². The molecule has 21 heavy (non-hydrogen) atoms. The van der Waals surface area contributed by atoms with E-state index < -0.39 is 5.67 Å². The van der Waals surface area contributed by atoms with Crippen molar-refractivity contribution < 1.29 is 9.13 Å². The van der Waals surface area contributed by atoms with Crippen LogP contribution in [-0.4, -0.2) is 18.4 Å². The van der Waals surface area contributed by atoms with Crippen LogP contribution in [0.25, 0.3) is 0 Å². The van der Waals surface area contributed by atoms with Crippen molar-refractivity contribution in [1.29, 1.82) is 0 Å². The zero-order chi connectivity index (χ0) is 16.5. The molecule has 1 nitrogen and oxygen atoms in total. The summed E-state index contributed by atoms with van der Waals surface area (Å²) in [4.78, 5) is 0. The first-order valence-corrected chi connectivity index (χ1v) is 8.45. The van der Waals surface area contributed by atoms with Gasteiger partial charge >= 0.3 is 0 Å². The van der Waals surface area contributed by atoms with E-state index in [1.165, 1.54) is 5.57 Å². The fourth-order valence-electron chi connectivity index (χ4n) is 2.33. The Balaban J connectivity index is 4.59. The molecule has 2 heteroatoms. The SMILES string of the molecule is C=C/C(=C/C(CC(C)OCC(F)(CC)CC)C(C)C)CC. The third-order valence-electron chi connectivity index (χ3n) is 4.45. The number of halogens is 1.